The van der Waals surface area contributed by atoms with E-state index in [-0.39, 0.29) is 5.54 Å². The number of anilines is 1. The monoisotopic (exact) mass is 345 g/mol. The third-order valence-corrected chi connectivity index (χ3v) is 6.54. The summed E-state index contributed by atoms with van der Waals surface area (Å²) in [4.78, 5) is 13.5. The second-order valence-electron chi connectivity index (χ2n) is 8.58. The van der Waals surface area contributed by atoms with E-state index in [1.807, 2.05) is 6.33 Å². The molecule has 2 aromatic rings. The maximum Gasteiger partial charge on any atom is 0.226 e. The molecule has 4 aliphatic rings. The van der Waals surface area contributed by atoms with Crippen molar-refractivity contribution in [3.8, 4) is 0 Å². The highest BCUT2D eigenvalue weighted by Crippen LogP contribution is 2.56. The summed E-state index contributed by atoms with van der Waals surface area (Å²) in [5.74, 6) is 3.51. The number of fused-ring (bicyclic) bond motifs is 1. The molecule has 2 heterocycles. The van der Waals surface area contributed by atoms with Crippen LogP contribution >= 0.6 is 11.6 Å². The smallest absolute Gasteiger partial charge is 0.226 e. The Labute approximate surface area is 147 Å². The molecule has 6 rings (SSSR count). The first kappa shape index (κ1) is 14.9. The third-order valence-electron chi connectivity index (χ3n) is 6.37. The van der Waals surface area contributed by atoms with E-state index in [2.05, 4.69) is 38.7 Å². The normalized spacial score (nSPS) is 34.4. The van der Waals surface area contributed by atoms with Crippen LogP contribution in [-0.2, 0) is 0 Å². The van der Waals surface area contributed by atoms with Crippen molar-refractivity contribution in [2.75, 3.05) is 5.32 Å². The van der Waals surface area contributed by atoms with E-state index >= 15 is 0 Å². The predicted octanol–water partition coefficient (Wildman–Crippen LogP) is 4.44. The van der Waals surface area contributed by atoms with Gasteiger partial charge in [0.25, 0.3) is 0 Å². The summed E-state index contributed by atoms with van der Waals surface area (Å²) in [6.45, 7) is 4.26. The van der Waals surface area contributed by atoms with Gasteiger partial charge in [0, 0.05) is 11.6 Å². The fourth-order valence-electron chi connectivity index (χ4n) is 5.87. The number of hydrogen-bond donors (Lipinski definition) is 1. The first-order chi connectivity index (χ1) is 11.5. The average molecular weight is 346 g/mol. The van der Waals surface area contributed by atoms with Crippen LogP contribution in [0.3, 0.4) is 0 Å². The van der Waals surface area contributed by atoms with Gasteiger partial charge in [-0.1, -0.05) is 0 Å². The minimum absolute atomic E-state index is 0.195. The van der Waals surface area contributed by atoms with Gasteiger partial charge in [-0.05, 0) is 81.7 Å². The van der Waals surface area contributed by atoms with E-state index in [9.17, 15) is 0 Å². The third kappa shape index (κ3) is 2.24. The summed E-state index contributed by atoms with van der Waals surface area (Å²) in [7, 11) is 0. The van der Waals surface area contributed by atoms with Gasteiger partial charge in [-0.25, -0.2) is 4.98 Å². The summed E-state index contributed by atoms with van der Waals surface area (Å²) in [6, 6.07) is 0.299. The number of halogens is 1. The van der Waals surface area contributed by atoms with Crippen LogP contribution in [0.25, 0.3) is 11.2 Å². The van der Waals surface area contributed by atoms with Crippen LogP contribution in [0.4, 0.5) is 5.82 Å². The molecule has 2 aromatic heterocycles. The number of nitrogens with one attached hydrogen (secondary N) is 1. The lowest BCUT2D eigenvalue weighted by atomic mass is 9.53. The summed E-state index contributed by atoms with van der Waals surface area (Å²) in [5.41, 5.74) is 1.88. The standard InChI is InChI=1S/C18H24ClN5/c1-10(2)24-9-20-14-15(21-17(19)22-16(14)24)23-18-6-11-3-12(7-18)5-13(4-11)8-18/h9-13H,3-8H2,1-2H3,(H,21,22,23). The van der Waals surface area contributed by atoms with Gasteiger partial charge in [0.15, 0.2) is 17.0 Å². The molecule has 0 aliphatic heterocycles. The van der Waals surface area contributed by atoms with Gasteiger partial charge >= 0.3 is 0 Å². The summed E-state index contributed by atoms with van der Waals surface area (Å²) >= 11 is 6.24. The molecule has 128 valence electrons. The molecular formula is C18H24ClN5. The Morgan fingerprint density at radius 1 is 1.12 bits per heavy atom. The number of imidazole rings is 1. The number of hydrogen-bond acceptors (Lipinski definition) is 4. The highest BCUT2D eigenvalue weighted by atomic mass is 35.5. The van der Waals surface area contributed by atoms with Gasteiger partial charge in [0.1, 0.15) is 0 Å². The molecule has 4 saturated carbocycles. The quantitative estimate of drug-likeness (QED) is 0.835. The largest absolute Gasteiger partial charge is 0.363 e. The van der Waals surface area contributed by atoms with Crippen molar-refractivity contribution in [3.05, 3.63) is 11.6 Å². The van der Waals surface area contributed by atoms with E-state index < -0.39 is 0 Å². The van der Waals surface area contributed by atoms with Crippen molar-refractivity contribution in [2.24, 2.45) is 17.8 Å². The topological polar surface area (TPSA) is 55.6 Å². The SMILES string of the molecule is CC(C)n1cnc2c(NC34CC5CC(CC(C5)C3)C4)nc(Cl)nc21. The molecule has 4 aliphatic carbocycles. The molecule has 6 heteroatoms. The van der Waals surface area contributed by atoms with Crippen LogP contribution in [0.1, 0.15) is 58.4 Å². The van der Waals surface area contributed by atoms with Crippen LogP contribution in [-0.4, -0.2) is 25.1 Å². The molecule has 4 fully saturated rings. The van der Waals surface area contributed by atoms with E-state index in [1.54, 1.807) is 0 Å². The minimum Gasteiger partial charge on any atom is -0.363 e. The molecule has 0 spiro atoms. The molecule has 0 unspecified atom stereocenters. The Bertz CT molecular complexity index is 761. The van der Waals surface area contributed by atoms with Crippen LogP contribution in [0.15, 0.2) is 6.33 Å². The van der Waals surface area contributed by atoms with Gasteiger partial charge in [0.05, 0.1) is 6.33 Å². The van der Waals surface area contributed by atoms with Crippen LogP contribution in [0.2, 0.25) is 5.28 Å². The summed E-state index contributed by atoms with van der Waals surface area (Å²) in [5, 5.41) is 4.11. The molecule has 0 saturated heterocycles. The first-order valence-electron chi connectivity index (χ1n) is 9.19. The van der Waals surface area contributed by atoms with Crippen molar-refractivity contribution in [2.45, 2.75) is 64.0 Å². The van der Waals surface area contributed by atoms with Crippen molar-refractivity contribution >= 4 is 28.6 Å². The predicted molar refractivity (Wildman–Crippen MR) is 95.2 cm³/mol. The number of nitrogens with zero attached hydrogens (tertiary/aromatic N) is 4. The molecule has 24 heavy (non-hydrogen) atoms. The Morgan fingerprint density at radius 2 is 1.75 bits per heavy atom. The zero-order chi connectivity index (χ0) is 16.5. The van der Waals surface area contributed by atoms with Gasteiger partial charge in [-0.2, -0.15) is 9.97 Å². The van der Waals surface area contributed by atoms with Gasteiger partial charge < -0.3 is 9.88 Å². The Morgan fingerprint density at radius 3 is 2.33 bits per heavy atom. The number of aromatic nitrogens is 4. The lowest BCUT2D eigenvalue weighted by Crippen LogP contribution is -2.54. The van der Waals surface area contributed by atoms with Crippen LogP contribution < -0.4 is 5.32 Å². The summed E-state index contributed by atoms with van der Waals surface area (Å²) in [6.07, 6.45) is 9.97. The maximum absolute atomic E-state index is 6.24. The fourth-order valence-corrected chi connectivity index (χ4v) is 6.03. The Kier molecular flexibility index (Phi) is 3.16. The molecule has 0 radical (unpaired) electrons. The fraction of sp³-hybridized carbons (Fsp3) is 0.722. The van der Waals surface area contributed by atoms with Gasteiger partial charge in [-0.15, -0.1) is 0 Å². The first-order valence-corrected chi connectivity index (χ1v) is 9.57. The maximum atomic E-state index is 6.24. The van der Waals surface area contributed by atoms with Crippen LogP contribution in [0.5, 0.6) is 0 Å². The van der Waals surface area contributed by atoms with E-state index in [0.29, 0.717) is 11.3 Å². The molecule has 1 N–H and O–H groups in total. The average Bonchev–Trinajstić information content (AvgIpc) is 2.89. The van der Waals surface area contributed by atoms with Gasteiger partial charge in [-0.3, -0.25) is 0 Å². The highest BCUT2D eigenvalue weighted by molar-refractivity contribution is 6.28. The second kappa shape index (κ2) is 5.07. The molecule has 0 aromatic carbocycles. The Balaban J connectivity index is 1.55. The lowest BCUT2D eigenvalue weighted by molar-refractivity contribution is 0.0106. The zero-order valence-electron chi connectivity index (χ0n) is 14.3. The zero-order valence-corrected chi connectivity index (χ0v) is 15.1. The Hall–Kier alpha value is -1.36. The van der Waals surface area contributed by atoms with Crippen LogP contribution in [0, 0.1) is 17.8 Å². The van der Waals surface area contributed by atoms with Crippen molar-refractivity contribution < 1.29 is 0 Å². The molecule has 0 amide bonds. The molecule has 4 bridgehead atoms. The molecule has 5 nitrogen and oxygen atoms in total. The van der Waals surface area contributed by atoms with E-state index in [1.165, 1.54) is 38.5 Å². The van der Waals surface area contributed by atoms with E-state index in [0.717, 1.165) is 34.7 Å². The second-order valence-corrected chi connectivity index (χ2v) is 8.92. The lowest BCUT2D eigenvalue weighted by Gasteiger charge is -2.57. The molecular weight excluding hydrogens is 322 g/mol. The summed E-state index contributed by atoms with van der Waals surface area (Å²) < 4.78 is 2.06. The van der Waals surface area contributed by atoms with Crippen molar-refractivity contribution in [3.63, 3.8) is 0 Å². The van der Waals surface area contributed by atoms with Gasteiger partial charge in [0.2, 0.25) is 5.28 Å². The minimum atomic E-state index is 0.195. The highest BCUT2D eigenvalue weighted by Gasteiger charge is 2.51. The van der Waals surface area contributed by atoms with Crippen molar-refractivity contribution in [1.29, 1.82) is 0 Å². The van der Waals surface area contributed by atoms with Crippen molar-refractivity contribution in [1.82, 2.24) is 19.5 Å². The number of rotatable bonds is 3. The van der Waals surface area contributed by atoms with E-state index in [4.69, 9.17) is 11.6 Å². The molecule has 0 atom stereocenters.